The van der Waals surface area contributed by atoms with Crippen molar-refractivity contribution in [2.75, 3.05) is 26.2 Å². The summed E-state index contributed by atoms with van der Waals surface area (Å²) in [6, 6.07) is 5.04. The Bertz CT molecular complexity index is 795. The SMILES string of the molecule is CC(=O)N1CCN(C(=O)c2cncc(C(=O)NCc3ccco3)c2)CC1. The molecule has 3 amide bonds. The van der Waals surface area contributed by atoms with Crippen LogP contribution in [-0.2, 0) is 11.3 Å². The average molecular weight is 356 g/mol. The Morgan fingerprint density at radius 1 is 1.12 bits per heavy atom. The molecule has 0 saturated carbocycles. The molecule has 0 aromatic carbocycles. The van der Waals surface area contributed by atoms with Gasteiger partial charge in [-0.05, 0) is 18.2 Å². The van der Waals surface area contributed by atoms with E-state index in [0.29, 0.717) is 43.1 Å². The zero-order chi connectivity index (χ0) is 18.5. The minimum Gasteiger partial charge on any atom is -0.467 e. The number of pyridine rings is 1. The standard InChI is InChI=1S/C18H20N4O4/c1-13(23)21-4-6-22(7-5-21)18(25)15-9-14(10-19-11-15)17(24)20-12-16-3-2-8-26-16/h2-3,8-11H,4-7,12H2,1H3,(H,20,24). The van der Waals surface area contributed by atoms with E-state index in [1.807, 2.05) is 0 Å². The van der Waals surface area contributed by atoms with E-state index >= 15 is 0 Å². The van der Waals surface area contributed by atoms with Crippen molar-refractivity contribution in [2.24, 2.45) is 0 Å². The van der Waals surface area contributed by atoms with E-state index in [9.17, 15) is 14.4 Å². The van der Waals surface area contributed by atoms with Crippen LogP contribution in [0, 0.1) is 0 Å². The molecule has 0 bridgehead atoms. The molecule has 0 aliphatic carbocycles. The zero-order valence-corrected chi connectivity index (χ0v) is 14.5. The molecule has 26 heavy (non-hydrogen) atoms. The van der Waals surface area contributed by atoms with Crippen molar-refractivity contribution in [1.82, 2.24) is 20.1 Å². The first-order chi connectivity index (χ1) is 12.5. The monoisotopic (exact) mass is 356 g/mol. The number of hydrogen-bond donors (Lipinski definition) is 1. The third-order valence-corrected chi connectivity index (χ3v) is 4.26. The summed E-state index contributed by atoms with van der Waals surface area (Å²) in [7, 11) is 0. The third kappa shape index (κ3) is 4.08. The lowest BCUT2D eigenvalue weighted by atomic mass is 10.1. The van der Waals surface area contributed by atoms with E-state index in [4.69, 9.17) is 4.42 Å². The first kappa shape index (κ1) is 17.7. The van der Waals surface area contributed by atoms with Gasteiger partial charge in [0.2, 0.25) is 5.91 Å². The molecule has 8 heteroatoms. The lowest BCUT2D eigenvalue weighted by Crippen LogP contribution is -2.50. The van der Waals surface area contributed by atoms with Crippen molar-refractivity contribution in [3.8, 4) is 0 Å². The van der Waals surface area contributed by atoms with Crippen LogP contribution in [0.5, 0.6) is 0 Å². The topological polar surface area (TPSA) is 95.8 Å². The highest BCUT2D eigenvalue weighted by Gasteiger charge is 2.24. The number of amides is 3. The molecule has 3 heterocycles. The summed E-state index contributed by atoms with van der Waals surface area (Å²) < 4.78 is 5.17. The molecule has 0 atom stereocenters. The molecular formula is C18H20N4O4. The van der Waals surface area contributed by atoms with E-state index in [0.717, 1.165) is 0 Å². The second-order valence-electron chi connectivity index (χ2n) is 6.02. The van der Waals surface area contributed by atoms with Crippen molar-refractivity contribution in [1.29, 1.82) is 0 Å². The number of piperazine rings is 1. The highest BCUT2D eigenvalue weighted by atomic mass is 16.3. The van der Waals surface area contributed by atoms with Gasteiger partial charge in [-0.25, -0.2) is 0 Å². The molecule has 1 fully saturated rings. The van der Waals surface area contributed by atoms with E-state index in [-0.39, 0.29) is 24.3 Å². The maximum atomic E-state index is 12.6. The molecule has 0 radical (unpaired) electrons. The molecule has 2 aromatic heterocycles. The van der Waals surface area contributed by atoms with E-state index in [2.05, 4.69) is 10.3 Å². The van der Waals surface area contributed by atoms with Crippen LogP contribution in [-0.4, -0.2) is 58.7 Å². The van der Waals surface area contributed by atoms with Gasteiger partial charge in [0, 0.05) is 45.5 Å². The van der Waals surface area contributed by atoms with Gasteiger partial charge in [-0.2, -0.15) is 0 Å². The lowest BCUT2D eigenvalue weighted by molar-refractivity contribution is -0.130. The fourth-order valence-electron chi connectivity index (χ4n) is 2.77. The van der Waals surface area contributed by atoms with Gasteiger partial charge in [0.25, 0.3) is 11.8 Å². The Kier molecular flexibility index (Phi) is 5.31. The highest BCUT2D eigenvalue weighted by Crippen LogP contribution is 2.10. The molecule has 1 saturated heterocycles. The molecule has 8 nitrogen and oxygen atoms in total. The van der Waals surface area contributed by atoms with Gasteiger partial charge in [0.15, 0.2) is 0 Å². The predicted molar refractivity (Wildman–Crippen MR) is 92.3 cm³/mol. The number of nitrogens with one attached hydrogen (secondary N) is 1. The molecule has 1 aliphatic heterocycles. The molecule has 136 valence electrons. The van der Waals surface area contributed by atoms with Crippen LogP contribution in [0.2, 0.25) is 0 Å². The van der Waals surface area contributed by atoms with Crippen LogP contribution in [0.4, 0.5) is 0 Å². The van der Waals surface area contributed by atoms with Crippen molar-refractivity contribution >= 4 is 17.7 Å². The van der Waals surface area contributed by atoms with Crippen molar-refractivity contribution in [2.45, 2.75) is 13.5 Å². The summed E-state index contributed by atoms with van der Waals surface area (Å²) in [4.78, 5) is 43.6. The smallest absolute Gasteiger partial charge is 0.255 e. The molecule has 0 spiro atoms. The number of carbonyl (C=O) groups excluding carboxylic acids is 3. The summed E-state index contributed by atoms with van der Waals surface area (Å²) >= 11 is 0. The number of furan rings is 1. The molecule has 0 unspecified atom stereocenters. The predicted octanol–water partition coefficient (Wildman–Crippen LogP) is 0.909. The maximum Gasteiger partial charge on any atom is 0.255 e. The van der Waals surface area contributed by atoms with Crippen LogP contribution < -0.4 is 5.32 Å². The van der Waals surface area contributed by atoms with Crippen LogP contribution in [0.1, 0.15) is 33.4 Å². The lowest BCUT2D eigenvalue weighted by Gasteiger charge is -2.34. The second-order valence-corrected chi connectivity index (χ2v) is 6.02. The second kappa shape index (κ2) is 7.81. The fraction of sp³-hybridized carbons (Fsp3) is 0.333. The minimum atomic E-state index is -0.329. The Morgan fingerprint density at radius 2 is 1.81 bits per heavy atom. The fourth-order valence-corrected chi connectivity index (χ4v) is 2.77. The number of aromatic nitrogens is 1. The molecule has 1 aliphatic rings. The zero-order valence-electron chi connectivity index (χ0n) is 14.5. The number of rotatable bonds is 4. The number of nitrogens with zero attached hydrogens (tertiary/aromatic N) is 3. The quantitative estimate of drug-likeness (QED) is 0.878. The van der Waals surface area contributed by atoms with Crippen LogP contribution in [0.15, 0.2) is 41.3 Å². The van der Waals surface area contributed by atoms with Crippen molar-refractivity contribution in [3.05, 3.63) is 53.7 Å². The molecule has 2 aromatic rings. The van der Waals surface area contributed by atoms with Gasteiger partial charge < -0.3 is 19.5 Å². The Balaban J connectivity index is 1.62. The van der Waals surface area contributed by atoms with Gasteiger partial charge in [0.05, 0.1) is 23.9 Å². The average Bonchev–Trinajstić information content (AvgIpc) is 3.19. The maximum absolute atomic E-state index is 12.6. The summed E-state index contributed by atoms with van der Waals surface area (Å²) in [6.07, 6.45) is 4.40. The molecular weight excluding hydrogens is 336 g/mol. The van der Waals surface area contributed by atoms with Crippen LogP contribution in [0.3, 0.4) is 0 Å². The minimum absolute atomic E-state index is 0.00833. The Morgan fingerprint density at radius 3 is 2.46 bits per heavy atom. The van der Waals surface area contributed by atoms with Gasteiger partial charge >= 0.3 is 0 Å². The van der Waals surface area contributed by atoms with Gasteiger partial charge in [-0.1, -0.05) is 0 Å². The summed E-state index contributed by atoms with van der Waals surface area (Å²) in [5, 5.41) is 2.72. The number of hydrogen-bond acceptors (Lipinski definition) is 5. The molecule has 3 rings (SSSR count). The highest BCUT2D eigenvalue weighted by molar-refractivity contribution is 5.99. The van der Waals surface area contributed by atoms with E-state index in [1.165, 1.54) is 31.6 Å². The van der Waals surface area contributed by atoms with E-state index < -0.39 is 0 Å². The van der Waals surface area contributed by atoms with Gasteiger partial charge in [-0.3, -0.25) is 19.4 Å². The number of carbonyl (C=O) groups is 3. The summed E-state index contributed by atoms with van der Waals surface area (Å²) in [5.41, 5.74) is 0.664. The van der Waals surface area contributed by atoms with Gasteiger partial charge in [0.1, 0.15) is 5.76 Å². The van der Waals surface area contributed by atoms with Gasteiger partial charge in [-0.15, -0.1) is 0 Å². The Labute approximate surface area is 150 Å². The van der Waals surface area contributed by atoms with E-state index in [1.54, 1.807) is 21.9 Å². The first-order valence-electron chi connectivity index (χ1n) is 8.35. The third-order valence-electron chi connectivity index (χ3n) is 4.26. The molecule has 1 N–H and O–H groups in total. The van der Waals surface area contributed by atoms with Crippen molar-refractivity contribution in [3.63, 3.8) is 0 Å². The first-order valence-corrected chi connectivity index (χ1v) is 8.35. The normalized spacial score (nSPS) is 14.2. The van der Waals surface area contributed by atoms with Crippen molar-refractivity contribution < 1.29 is 18.8 Å². The largest absolute Gasteiger partial charge is 0.467 e. The van der Waals surface area contributed by atoms with Crippen LogP contribution >= 0.6 is 0 Å². The summed E-state index contributed by atoms with van der Waals surface area (Å²) in [6.45, 7) is 3.74. The summed E-state index contributed by atoms with van der Waals surface area (Å²) in [5.74, 6) is 0.127. The Hall–Kier alpha value is -3.16. The van der Waals surface area contributed by atoms with Crippen LogP contribution in [0.25, 0.3) is 0 Å².